The van der Waals surface area contributed by atoms with Crippen molar-refractivity contribution in [3.05, 3.63) is 46.6 Å². The number of rotatable bonds is 6. The number of aromatic nitrogens is 2. The highest BCUT2D eigenvalue weighted by Gasteiger charge is 2.31. The molecule has 1 heterocycles. The van der Waals surface area contributed by atoms with Crippen LogP contribution in [0.25, 0.3) is 0 Å². The van der Waals surface area contributed by atoms with Crippen molar-refractivity contribution in [2.45, 2.75) is 26.4 Å². The van der Waals surface area contributed by atoms with Gasteiger partial charge in [0.25, 0.3) is 5.91 Å². The molecule has 0 saturated heterocycles. The van der Waals surface area contributed by atoms with Gasteiger partial charge in [-0.2, -0.15) is 13.2 Å². The molecule has 140 valence electrons. The lowest BCUT2D eigenvalue weighted by Gasteiger charge is -2.11. The van der Waals surface area contributed by atoms with Crippen LogP contribution < -0.4 is 10.6 Å². The molecule has 0 bridgehead atoms. The summed E-state index contributed by atoms with van der Waals surface area (Å²) in [6.45, 7) is 4.91. The fourth-order valence-electron chi connectivity index (χ4n) is 2.02. The predicted molar refractivity (Wildman–Crippen MR) is 94.4 cm³/mol. The Labute approximate surface area is 154 Å². The third-order valence-corrected chi connectivity index (χ3v) is 3.80. The minimum atomic E-state index is -4.53. The van der Waals surface area contributed by atoms with E-state index in [2.05, 4.69) is 34.7 Å². The Hall–Kier alpha value is -2.35. The molecule has 0 aliphatic heterocycles. The van der Waals surface area contributed by atoms with Gasteiger partial charge in [0.1, 0.15) is 5.82 Å². The molecule has 2 N–H and O–H groups in total. The highest BCUT2D eigenvalue weighted by atomic mass is 35.5. The molecule has 0 aliphatic carbocycles. The first-order valence-electron chi connectivity index (χ1n) is 7.92. The van der Waals surface area contributed by atoms with E-state index in [1.165, 1.54) is 6.07 Å². The van der Waals surface area contributed by atoms with E-state index in [9.17, 15) is 18.0 Å². The first kappa shape index (κ1) is 20.0. The smallest absolute Gasteiger partial charge is 0.369 e. The zero-order valence-corrected chi connectivity index (χ0v) is 14.9. The average Bonchev–Trinajstić information content (AvgIpc) is 2.56. The van der Waals surface area contributed by atoms with E-state index in [0.29, 0.717) is 11.7 Å². The summed E-state index contributed by atoms with van der Waals surface area (Å²) >= 11 is 5.86. The maximum Gasteiger partial charge on any atom is 0.416 e. The van der Waals surface area contributed by atoms with Gasteiger partial charge in [-0.3, -0.25) is 4.79 Å². The van der Waals surface area contributed by atoms with Gasteiger partial charge in [0.15, 0.2) is 5.69 Å². The Morgan fingerprint density at radius 1 is 1.19 bits per heavy atom. The van der Waals surface area contributed by atoms with Crippen LogP contribution in [0.5, 0.6) is 0 Å². The zero-order chi connectivity index (χ0) is 19.3. The van der Waals surface area contributed by atoms with E-state index in [1.807, 2.05) is 0 Å². The van der Waals surface area contributed by atoms with Gasteiger partial charge in [0.05, 0.1) is 16.3 Å². The second-order valence-corrected chi connectivity index (χ2v) is 6.47. The molecular weight excluding hydrogens is 369 g/mol. The average molecular weight is 387 g/mol. The summed E-state index contributed by atoms with van der Waals surface area (Å²) in [4.78, 5) is 12.2. The molecule has 1 aromatic heterocycles. The van der Waals surface area contributed by atoms with Gasteiger partial charge in [-0.25, -0.2) is 0 Å². The van der Waals surface area contributed by atoms with Gasteiger partial charge in [-0.05, 0) is 42.7 Å². The van der Waals surface area contributed by atoms with Crippen molar-refractivity contribution >= 4 is 29.0 Å². The number of nitrogens with zero attached hydrogens (tertiary/aromatic N) is 2. The molecule has 2 rings (SSSR count). The third-order valence-electron chi connectivity index (χ3n) is 3.47. The van der Waals surface area contributed by atoms with Gasteiger partial charge < -0.3 is 10.6 Å². The number of alkyl halides is 3. The summed E-state index contributed by atoms with van der Waals surface area (Å²) in [6.07, 6.45) is -3.58. The van der Waals surface area contributed by atoms with Crippen molar-refractivity contribution in [1.29, 1.82) is 0 Å². The number of carbonyl (C=O) groups is 1. The normalized spacial score (nSPS) is 11.5. The molecule has 0 radical (unpaired) electrons. The summed E-state index contributed by atoms with van der Waals surface area (Å²) < 4.78 is 38.3. The van der Waals surface area contributed by atoms with Crippen LogP contribution in [0.15, 0.2) is 30.3 Å². The molecule has 2 aromatic rings. The van der Waals surface area contributed by atoms with Crippen LogP contribution >= 0.6 is 11.6 Å². The van der Waals surface area contributed by atoms with Crippen LogP contribution in [-0.2, 0) is 6.18 Å². The lowest BCUT2D eigenvalue weighted by Crippen LogP contribution is -2.16. The second-order valence-electron chi connectivity index (χ2n) is 6.06. The van der Waals surface area contributed by atoms with E-state index >= 15 is 0 Å². The number of hydrogen-bond donors (Lipinski definition) is 2. The van der Waals surface area contributed by atoms with E-state index in [1.54, 1.807) is 6.07 Å². The number of benzene rings is 1. The van der Waals surface area contributed by atoms with E-state index in [4.69, 9.17) is 11.6 Å². The minimum Gasteiger partial charge on any atom is -0.369 e. The summed E-state index contributed by atoms with van der Waals surface area (Å²) in [7, 11) is 0. The van der Waals surface area contributed by atoms with Crippen molar-refractivity contribution < 1.29 is 18.0 Å². The minimum absolute atomic E-state index is 0.00807. The van der Waals surface area contributed by atoms with E-state index in [0.717, 1.165) is 31.2 Å². The Morgan fingerprint density at radius 3 is 2.50 bits per heavy atom. The monoisotopic (exact) mass is 386 g/mol. The molecule has 0 aliphatic rings. The highest BCUT2D eigenvalue weighted by Crippen LogP contribution is 2.33. The van der Waals surface area contributed by atoms with Crippen molar-refractivity contribution in [3.8, 4) is 0 Å². The summed E-state index contributed by atoms with van der Waals surface area (Å²) in [5.74, 6) is 0.351. The van der Waals surface area contributed by atoms with Gasteiger partial charge >= 0.3 is 6.18 Å². The SMILES string of the molecule is CC(C)CCNc1ccc(C(=O)Nc2cc(C(F)(F)F)ccc2Cl)nn1. The fraction of sp³-hybridized carbons (Fsp3) is 0.353. The maximum absolute atomic E-state index is 12.8. The van der Waals surface area contributed by atoms with Gasteiger partial charge in [-0.1, -0.05) is 25.4 Å². The molecule has 26 heavy (non-hydrogen) atoms. The van der Waals surface area contributed by atoms with Crippen LogP contribution in [0.3, 0.4) is 0 Å². The molecular formula is C17H18ClF3N4O. The first-order chi connectivity index (χ1) is 12.2. The lowest BCUT2D eigenvalue weighted by atomic mass is 10.1. The number of hydrogen-bond acceptors (Lipinski definition) is 4. The molecule has 0 saturated carbocycles. The Morgan fingerprint density at radius 2 is 1.92 bits per heavy atom. The van der Waals surface area contributed by atoms with Crippen LogP contribution in [0, 0.1) is 5.92 Å². The third kappa shape index (κ3) is 5.59. The number of amides is 1. The van der Waals surface area contributed by atoms with Crippen molar-refractivity contribution in [3.63, 3.8) is 0 Å². The molecule has 9 heteroatoms. The van der Waals surface area contributed by atoms with Crippen LogP contribution in [0.2, 0.25) is 5.02 Å². The first-order valence-corrected chi connectivity index (χ1v) is 8.30. The van der Waals surface area contributed by atoms with Crippen molar-refractivity contribution in [2.75, 3.05) is 17.2 Å². The Kier molecular flexibility index (Phi) is 6.42. The molecule has 0 unspecified atom stereocenters. The zero-order valence-electron chi connectivity index (χ0n) is 14.2. The quantitative estimate of drug-likeness (QED) is 0.744. The highest BCUT2D eigenvalue weighted by molar-refractivity contribution is 6.33. The standard InChI is InChI=1S/C17H18ClF3N4O/c1-10(2)7-8-22-15-6-5-13(24-25-15)16(26)23-14-9-11(17(19,20)21)3-4-12(14)18/h3-6,9-10H,7-8H2,1-2H3,(H,22,25)(H,23,26). The van der Waals surface area contributed by atoms with Crippen LogP contribution in [-0.4, -0.2) is 22.6 Å². The molecule has 5 nitrogen and oxygen atoms in total. The molecule has 1 amide bonds. The molecule has 0 atom stereocenters. The second kappa shape index (κ2) is 8.35. The van der Waals surface area contributed by atoms with E-state index < -0.39 is 17.6 Å². The number of halogens is 4. The van der Waals surface area contributed by atoms with Crippen LogP contribution in [0.4, 0.5) is 24.7 Å². The van der Waals surface area contributed by atoms with Gasteiger partial charge in [0, 0.05) is 6.54 Å². The Balaban J connectivity index is 2.06. The lowest BCUT2D eigenvalue weighted by molar-refractivity contribution is -0.137. The van der Waals surface area contributed by atoms with Gasteiger partial charge in [-0.15, -0.1) is 10.2 Å². The number of anilines is 2. The van der Waals surface area contributed by atoms with E-state index in [-0.39, 0.29) is 16.4 Å². The molecule has 1 aromatic carbocycles. The summed E-state index contributed by atoms with van der Waals surface area (Å²) in [5.41, 5.74) is -1.09. The number of nitrogens with one attached hydrogen (secondary N) is 2. The summed E-state index contributed by atoms with van der Waals surface area (Å²) in [5, 5.41) is 13.1. The summed E-state index contributed by atoms with van der Waals surface area (Å²) in [6, 6.07) is 5.70. The van der Waals surface area contributed by atoms with Crippen molar-refractivity contribution in [2.24, 2.45) is 5.92 Å². The van der Waals surface area contributed by atoms with Gasteiger partial charge in [0.2, 0.25) is 0 Å². The fourth-order valence-corrected chi connectivity index (χ4v) is 2.19. The maximum atomic E-state index is 12.8. The molecule has 0 fully saturated rings. The predicted octanol–water partition coefficient (Wildman–Crippen LogP) is 4.86. The topological polar surface area (TPSA) is 66.9 Å². The van der Waals surface area contributed by atoms with Crippen LogP contribution in [0.1, 0.15) is 36.3 Å². The molecule has 0 spiro atoms. The van der Waals surface area contributed by atoms with Crippen molar-refractivity contribution in [1.82, 2.24) is 10.2 Å². The Bertz CT molecular complexity index is 764. The largest absolute Gasteiger partial charge is 0.416 e. The number of carbonyl (C=O) groups excluding carboxylic acids is 1.